The average molecular weight is 425 g/mol. The van der Waals surface area contributed by atoms with Crippen LogP contribution in [-0.4, -0.2) is 36.5 Å². The maximum Gasteiger partial charge on any atom is 0.328 e. The first-order chi connectivity index (χ1) is 14.6. The quantitative estimate of drug-likeness (QED) is 0.616. The van der Waals surface area contributed by atoms with E-state index in [-0.39, 0.29) is 5.41 Å². The number of nitrogens with one attached hydrogen (secondary N) is 3. The van der Waals surface area contributed by atoms with E-state index in [1.54, 1.807) is 42.5 Å². The molecule has 0 aliphatic heterocycles. The van der Waals surface area contributed by atoms with E-state index in [0.717, 1.165) is 5.56 Å². The van der Waals surface area contributed by atoms with Crippen molar-refractivity contribution in [2.75, 3.05) is 11.9 Å². The second kappa shape index (κ2) is 10.4. The third-order valence-corrected chi connectivity index (χ3v) is 4.34. The van der Waals surface area contributed by atoms with Gasteiger partial charge in [0.25, 0.3) is 11.8 Å². The number of amides is 4. The molecule has 0 radical (unpaired) electrons. The Morgan fingerprint density at radius 2 is 1.55 bits per heavy atom. The van der Waals surface area contributed by atoms with Crippen molar-refractivity contribution in [3.05, 3.63) is 65.7 Å². The van der Waals surface area contributed by atoms with E-state index in [2.05, 4.69) is 36.7 Å². The van der Waals surface area contributed by atoms with E-state index in [1.165, 1.54) is 6.92 Å². The van der Waals surface area contributed by atoms with Crippen LogP contribution in [0.4, 0.5) is 10.5 Å². The highest BCUT2D eigenvalue weighted by Crippen LogP contribution is 2.22. The molecule has 2 rings (SSSR count). The fourth-order valence-corrected chi connectivity index (χ4v) is 2.56. The van der Waals surface area contributed by atoms with E-state index in [0.29, 0.717) is 11.3 Å². The lowest BCUT2D eigenvalue weighted by molar-refractivity contribution is -0.149. The van der Waals surface area contributed by atoms with Crippen LogP contribution in [0, 0.1) is 0 Å². The van der Waals surface area contributed by atoms with E-state index in [1.807, 2.05) is 12.1 Å². The average Bonchev–Trinajstić information content (AvgIpc) is 2.72. The van der Waals surface area contributed by atoms with E-state index >= 15 is 0 Å². The standard InChI is InChI=1S/C23H27N3O5/c1-15(24-22(30)25-18-8-6-5-7-9-18)21(29)31-14-19(27)26-20(28)16-10-12-17(13-11-16)23(2,3)4/h5-13,15H,14H2,1-4H3,(H2,24,25,30)(H,26,27,28)/t15-/m0/s1. The summed E-state index contributed by atoms with van der Waals surface area (Å²) in [5.74, 6) is -2.16. The number of benzene rings is 2. The normalized spacial score (nSPS) is 11.7. The fraction of sp³-hybridized carbons (Fsp3) is 0.304. The smallest absolute Gasteiger partial charge is 0.328 e. The number of hydrogen-bond acceptors (Lipinski definition) is 5. The van der Waals surface area contributed by atoms with Crippen LogP contribution in [-0.2, 0) is 19.7 Å². The van der Waals surface area contributed by atoms with Crippen molar-refractivity contribution >= 4 is 29.5 Å². The lowest BCUT2D eigenvalue weighted by atomic mass is 9.87. The minimum atomic E-state index is -0.989. The summed E-state index contributed by atoms with van der Waals surface area (Å²) in [6, 6.07) is 14.0. The molecule has 164 valence electrons. The molecule has 2 aromatic rings. The molecular weight excluding hydrogens is 398 g/mol. The molecule has 0 heterocycles. The number of carbonyl (C=O) groups excluding carboxylic acids is 4. The van der Waals surface area contributed by atoms with Gasteiger partial charge in [-0.3, -0.25) is 14.9 Å². The minimum Gasteiger partial charge on any atom is -0.454 e. The molecule has 0 bridgehead atoms. The molecule has 31 heavy (non-hydrogen) atoms. The summed E-state index contributed by atoms with van der Waals surface area (Å²) in [6.45, 7) is 6.95. The second-order valence-corrected chi connectivity index (χ2v) is 8.00. The predicted molar refractivity (Wildman–Crippen MR) is 117 cm³/mol. The van der Waals surface area contributed by atoms with Crippen LogP contribution in [0.25, 0.3) is 0 Å². The Morgan fingerprint density at radius 1 is 0.935 bits per heavy atom. The molecule has 2 aromatic carbocycles. The van der Waals surface area contributed by atoms with Crippen molar-refractivity contribution in [3.8, 4) is 0 Å². The highest BCUT2D eigenvalue weighted by molar-refractivity contribution is 6.05. The highest BCUT2D eigenvalue weighted by Gasteiger charge is 2.20. The van der Waals surface area contributed by atoms with Crippen molar-refractivity contribution < 1.29 is 23.9 Å². The van der Waals surface area contributed by atoms with Gasteiger partial charge in [0.1, 0.15) is 6.04 Å². The van der Waals surface area contributed by atoms with Crippen molar-refractivity contribution in [1.29, 1.82) is 0 Å². The molecule has 4 amide bonds. The number of urea groups is 1. The van der Waals surface area contributed by atoms with E-state index in [4.69, 9.17) is 4.74 Å². The molecular formula is C23H27N3O5. The van der Waals surface area contributed by atoms with Gasteiger partial charge < -0.3 is 15.4 Å². The molecule has 0 aliphatic rings. The minimum absolute atomic E-state index is 0.0538. The summed E-state index contributed by atoms with van der Waals surface area (Å²) in [5, 5.41) is 7.15. The summed E-state index contributed by atoms with van der Waals surface area (Å²) in [4.78, 5) is 48.0. The summed E-state index contributed by atoms with van der Waals surface area (Å²) in [5.41, 5.74) is 1.89. The summed E-state index contributed by atoms with van der Waals surface area (Å²) >= 11 is 0. The number of rotatable bonds is 6. The van der Waals surface area contributed by atoms with Crippen LogP contribution in [0.2, 0.25) is 0 Å². The van der Waals surface area contributed by atoms with Crippen LogP contribution in [0.1, 0.15) is 43.6 Å². The molecule has 0 fully saturated rings. The summed E-state index contributed by atoms with van der Waals surface area (Å²) in [7, 11) is 0. The maximum absolute atomic E-state index is 12.2. The Balaban J connectivity index is 1.77. The molecule has 0 saturated carbocycles. The van der Waals surface area contributed by atoms with Gasteiger partial charge in [-0.1, -0.05) is 51.1 Å². The van der Waals surface area contributed by atoms with Gasteiger partial charge in [-0.25, -0.2) is 9.59 Å². The van der Waals surface area contributed by atoms with Gasteiger partial charge >= 0.3 is 12.0 Å². The van der Waals surface area contributed by atoms with Crippen molar-refractivity contribution in [2.45, 2.75) is 39.2 Å². The Hall–Kier alpha value is -3.68. The topological polar surface area (TPSA) is 114 Å². The Bertz CT molecular complexity index is 934. The lowest BCUT2D eigenvalue weighted by Gasteiger charge is -2.19. The summed E-state index contributed by atoms with van der Waals surface area (Å²) < 4.78 is 4.87. The SMILES string of the molecule is C[C@H](NC(=O)Nc1ccccc1)C(=O)OCC(=O)NC(=O)c1ccc(C(C)(C)C)cc1. The first-order valence-electron chi connectivity index (χ1n) is 9.80. The molecule has 8 heteroatoms. The van der Waals surface area contributed by atoms with Gasteiger partial charge in [0.2, 0.25) is 0 Å². The second-order valence-electron chi connectivity index (χ2n) is 8.00. The highest BCUT2D eigenvalue weighted by atomic mass is 16.5. The van der Waals surface area contributed by atoms with Gasteiger partial charge in [0, 0.05) is 11.3 Å². The molecule has 1 atom stereocenters. The maximum atomic E-state index is 12.2. The zero-order chi connectivity index (χ0) is 23.0. The zero-order valence-electron chi connectivity index (χ0n) is 18.0. The van der Waals surface area contributed by atoms with Crippen LogP contribution in [0.5, 0.6) is 0 Å². The van der Waals surface area contributed by atoms with Gasteiger partial charge in [-0.2, -0.15) is 0 Å². The third kappa shape index (κ3) is 7.58. The number of para-hydroxylation sites is 1. The van der Waals surface area contributed by atoms with Gasteiger partial charge in [-0.05, 0) is 42.2 Å². The largest absolute Gasteiger partial charge is 0.454 e. The molecule has 0 unspecified atom stereocenters. The number of carbonyl (C=O) groups is 4. The van der Waals surface area contributed by atoms with E-state index in [9.17, 15) is 19.2 Å². The van der Waals surface area contributed by atoms with Gasteiger partial charge in [0.15, 0.2) is 6.61 Å². The lowest BCUT2D eigenvalue weighted by Crippen LogP contribution is -2.43. The number of esters is 1. The molecule has 0 spiro atoms. The Labute approximate surface area is 181 Å². The predicted octanol–water partition coefficient (Wildman–Crippen LogP) is 2.99. The van der Waals surface area contributed by atoms with Crippen LogP contribution in [0.15, 0.2) is 54.6 Å². The Kier molecular flexibility index (Phi) is 7.90. The Morgan fingerprint density at radius 3 is 2.13 bits per heavy atom. The monoisotopic (exact) mass is 425 g/mol. The van der Waals surface area contributed by atoms with Gasteiger partial charge in [-0.15, -0.1) is 0 Å². The number of imide groups is 1. The first-order valence-corrected chi connectivity index (χ1v) is 9.80. The van der Waals surface area contributed by atoms with Crippen molar-refractivity contribution in [1.82, 2.24) is 10.6 Å². The van der Waals surface area contributed by atoms with Crippen molar-refractivity contribution in [2.24, 2.45) is 0 Å². The van der Waals surface area contributed by atoms with Crippen LogP contribution < -0.4 is 16.0 Å². The van der Waals surface area contributed by atoms with Crippen molar-refractivity contribution in [3.63, 3.8) is 0 Å². The first kappa shape index (κ1) is 23.6. The molecule has 0 aliphatic carbocycles. The summed E-state index contributed by atoms with van der Waals surface area (Å²) in [6.07, 6.45) is 0. The zero-order valence-corrected chi connectivity index (χ0v) is 18.0. The molecule has 0 aromatic heterocycles. The molecule has 0 saturated heterocycles. The van der Waals surface area contributed by atoms with Crippen LogP contribution in [0.3, 0.4) is 0 Å². The fourth-order valence-electron chi connectivity index (χ4n) is 2.56. The third-order valence-electron chi connectivity index (χ3n) is 4.34. The number of hydrogen-bond donors (Lipinski definition) is 3. The molecule has 3 N–H and O–H groups in total. The molecule has 8 nitrogen and oxygen atoms in total. The van der Waals surface area contributed by atoms with Gasteiger partial charge in [0.05, 0.1) is 0 Å². The number of ether oxygens (including phenoxy) is 1. The van der Waals surface area contributed by atoms with E-state index < -0.39 is 36.5 Å². The number of anilines is 1. The van der Waals surface area contributed by atoms with Crippen LogP contribution >= 0.6 is 0 Å².